The molecule has 2 heterocycles. The number of nitrogens with zero attached hydrogens (tertiary/aromatic N) is 3. The second kappa shape index (κ2) is 6.86. The van der Waals surface area contributed by atoms with Gasteiger partial charge < -0.3 is 10.2 Å². The number of carbonyl (C=O) groups excluding carboxylic acids is 1. The van der Waals surface area contributed by atoms with Crippen LogP contribution in [0.4, 0.5) is 4.39 Å². The Kier molecular flexibility index (Phi) is 4.62. The number of halogens is 1. The molecule has 0 fully saturated rings. The Morgan fingerprint density at radius 1 is 1.40 bits per heavy atom. The molecule has 2 aromatic heterocycles. The number of aromatic nitrogens is 3. The zero-order chi connectivity index (χ0) is 18.0. The number of aromatic amines is 1. The Labute approximate surface area is 143 Å². The molecule has 0 aliphatic heterocycles. The first-order valence-electron chi connectivity index (χ1n) is 7.72. The molecule has 1 atom stereocenters. The third-order valence-corrected chi connectivity index (χ3v) is 3.98. The van der Waals surface area contributed by atoms with Crippen LogP contribution in [0, 0.1) is 5.82 Å². The van der Waals surface area contributed by atoms with Gasteiger partial charge in [0, 0.05) is 25.0 Å². The van der Waals surface area contributed by atoms with E-state index in [4.69, 9.17) is 0 Å². The SMILES string of the molecule is CN(C)C(CNC(=O)c1c[nH]n2c(=O)ccnc12)c1cccc(F)c1. The first-order chi connectivity index (χ1) is 12.0. The van der Waals surface area contributed by atoms with E-state index in [-0.39, 0.29) is 41.1 Å². The lowest BCUT2D eigenvalue weighted by Gasteiger charge is -2.25. The number of hydrogen-bond donors (Lipinski definition) is 2. The van der Waals surface area contributed by atoms with Crippen molar-refractivity contribution in [1.29, 1.82) is 0 Å². The number of amides is 1. The predicted molar refractivity (Wildman–Crippen MR) is 91.0 cm³/mol. The quantitative estimate of drug-likeness (QED) is 0.729. The third-order valence-electron chi connectivity index (χ3n) is 3.98. The highest BCUT2D eigenvalue weighted by atomic mass is 19.1. The number of H-pyrrole nitrogens is 1. The molecule has 0 saturated carbocycles. The van der Waals surface area contributed by atoms with E-state index in [0.29, 0.717) is 0 Å². The fourth-order valence-electron chi connectivity index (χ4n) is 2.68. The lowest BCUT2D eigenvalue weighted by Crippen LogP contribution is -2.34. The van der Waals surface area contributed by atoms with Crippen molar-refractivity contribution in [2.75, 3.05) is 20.6 Å². The van der Waals surface area contributed by atoms with Crippen molar-refractivity contribution in [2.24, 2.45) is 0 Å². The van der Waals surface area contributed by atoms with Gasteiger partial charge in [-0.05, 0) is 31.8 Å². The van der Waals surface area contributed by atoms with E-state index in [0.717, 1.165) is 5.56 Å². The summed E-state index contributed by atoms with van der Waals surface area (Å²) in [7, 11) is 3.71. The van der Waals surface area contributed by atoms with E-state index >= 15 is 0 Å². The maximum absolute atomic E-state index is 13.5. The van der Waals surface area contributed by atoms with Gasteiger partial charge in [-0.25, -0.2) is 13.9 Å². The van der Waals surface area contributed by atoms with Crippen LogP contribution < -0.4 is 10.9 Å². The van der Waals surface area contributed by atoms with Crippen molar-refractivity contribution in [2.45, 2.75) is 6.04 Å². The Hall–Kier alpha value is -3.00. The molecule has 0 radical (unpaired) electrons. The molecular formula is C17H18FN5O2. The number of fused-ring (bicyclic) bond motifs is 1. The molecule has 1 aromatic carbocycles. The van der Waals surface area contributed by atoms with E-state index in [1.165, 1.54) is 35.1 Å². The van der Waals surface area contributed by atoms with Gasteiger partial charge in [0.1, 0.15) is 11.4 Å². The topological polar surface area (TPSA) is 82.5 Å². The summed E-state index contributed by atoms with van der Waals surface area (Å²) in [4.78, 5) is 30.1. The molecule has 0 bridgehead atoms. The lowest BCUT2D eigenvalue weighted by atomic mass is 10.1. The van der Waals surface area contributed by atoms with Gasteiger partial charge in [-0.15, -0.1) is 0 Å². The van der Waals surface area contributed by atoms with Gasteiger partial charge in [-0.3, -0.25) is 14.7 Å². The predicted octanol–water partition coefficient (Wildman–Crippen LogP) is 1.19. The maximum Gasteiger partial charge on any atom is 0.272 e. The fraction of sp³-hybridized carbons (Fsp3) is 0.235. The Bertz CT molecular complexity index is 963. The van der Waals surface area contributed by atoms with Crippen LogP contribution in [0.2, 0.25) is 0 Å². The number of carbonyl (C=O) groups is 1. The maximum atomic E-state index is 13.5. The highest BCUT2D eigenvalue weighted by Crippen LogP contribution is 2.18. The molecule has 130 valence electrons. The molecule has 3 aromatic rings. The molecule has 3 rings (SSSR count). The standard InChI is InChI=1S/C17H18FN5O2/c1-22(2)14(11-4-3-5-12(18)8-11)10-20-17(25)13-9-21-23-15(24)6-7-19-16(13)23/h3-9,14,21H,10H2,1-2H3,(H,20,25). The summed E-state index contributed by atoms with van der Waals surface area (Å²) in [5, 5.41) is 5.53. The minimum Gasteiger partial charge on any atom is -0.350 e. The van der Waals surface area contributed by atoms with Crippen LogP contribution in [-0.2, 0) is 0 Å². The summed E-state index contributed by atoms with van der Waals surface area (Å²) in [5.74, 6) is -0.684. The molecule has 2 N–H and O–H groups in total. The van der Waals surface area contributed by atoms with Crippen LogP contribution in [-0.4, -0.2) is 46.0 Å². The number of rotatable bonds is 5. The van der Waals surface area contributed by atoms with Gasteiger partial charge in [-0.2, -0.15) is 0 Å². The van der Waals surface area contributed by atoms with Crippen molar-refractivity contribution in [1.82, 2.24) is 24.8 Å². The molecule has 1 amide bonds. The van der Waals surface area contributed by atoms with Crippen molar-refractivity contribution >= 4 is 11.6 Å². The summed E-state index contributed by atoms with van der Waals surface area (Å²) in [6.45, 7) is 0.281. The first-order valence-corrected chi connectivity index (χ1v) is 7.72. The van der Waals surface area contributed by atoms with Crippen LogP contribution >= 0.6 is 0 Å². The Morgan fingerprint density at radius 3 is 2.92 bits per heavy atom. The van der Waals surface area contributed by atoms with Gasteiger partial charge >= 0.3 is 0 Å². The van der Waals surface area contributed by atoms with Crippen molar-refractivity contribution < 1.29 is 9.18 Å². The number of likely N-dealkylation sites (N-methyl/N-ethyl adjacent to an activating group) is 1. The minimum absolute atomic E-state index is 0.194. The molecule has 1 unspecified atom stereocenters. The van der Waals surface area contributed by atoms with E-state index in [9.17, 15) is 14.0 Å². The Morgan fingerprint density at radius 2 is 2.20 bits per heavy atom. The highest BCUT2D eigenvalue weighted by molar-refractivity contribution is 5.99. The van der Waals surface area contributed by atoms with Crippen LogP contribution in [0.3, 0.4) is 0 Å². The van der Waals surface area contributed by atoms with E-state index in [2.05, 4.69) is 15.4 Å². The molecular weight excluding hydrogens is 325 g/mol. The monoisotopic (exact) mass is 343 g/mol. The highest BCUT2D eigenvalue weighted by Gasteiger charge is 2.19. The van der Waals surface area contributed by atoms with Gasteiger partial charge in [0.25, 0.3) is 11.5 Å². The third kappa shape index (κ3) is 3.43. The fourth-order valence-corrected chi connectivity index (χ4v) is 2.68. The van der Waals surface area contributed by atoms with Crippen LogP contribution in [0.1, 0.15) is 22.0 Å². The summed E-state index contributed by atoms with van der Waals surface area (Å²) in [6.07, 6.45) is 2.80. The van der Waals surface area contributed by atoms with E-state index in [1.807, 2.05) is 25.1 Å². The van der Waals surface area contributed by atoms with Crippen molar-refractivity contribution in [3.05, 3.63) is 70.0 Å². The number of hydrogen-bond acceptors (Lipinski definition) is 4. The second-order valence-corrected chi connectivity index (χ2v) is 5.87. The summed E-state index contributed by atoms with van der Waals surface area (Å²) in [6, 6.07) is 7.39. The largest absolute Gasteiger partial charge is 0.350 e. The molecule has 7 nitrogen and oxygen atoms in total. The van der Waals surface area contributed by atoms with Gasteiger partial charge in [0.15, 0.2) is 5.65 Å². The van der Waals surface area contributed by atoms with Crippen molar-refractivity contribution in [3.8, 4) is 0 Å². The Balaban J connectivity index is 1.80. The lowest BCUT2D eigenvalue weighted by molar-refractivity contribution is 0.0943. The van der Waals surface area contributed by atoms with E-state index in [1.54, 1.807) is 6.07 Å². The average molecular weight is 343 g/mol. The zero-order valence-electron chi connectivity index (χ0n) is 13.9. The van der Waals surface area contributed by atoms with Crippen LogP contribution in [0.5, 0.6) is 0 Å². The molecule has 25 heavy (non-hydrogen) atoms. The summed E-state index contributed by atoms with van der Waals surface area (Å²) >= 11 is 0. The number of benzene rings is 1. The minimum atomic E-state index is -0.361. The number of nitrogens with one attached hydrogen (secondary N) is 2. The first kappa shape index (κ1) is 16.8. The van der Waals surface area contributed by atoms with E-state index < -0.39 is 0 Å². The van der Waals surface area contributed by atoms with Gasteiger partial charge in [0.05, 0.1) is 6.04 Å². The molecule has 0 spiro atoms. The second-order valence-electron chi connectivity index (χ2n) is 5.87. The smallest absolute Gasteiger partial charge is 0.272 e. The van der Waals surface area contributed by atoms with Gasteiger partial charge in [0.2, 0.25) is 0 Å². The van der Waals surface area contributed by atoms with Crippen molar-refractivity contribution in [3.63, 3.8) is 0 Å². The molecule has 8 heteroatoms. The zero-order valence-corrected chi connectivity index (χ0v) is 13.9. The summed E-state index contributed by atoms with van der Waals surface area (Å²) in [5.41, 5.74) is 1.00. The van der Waals surface area contributed by atoms with Crippen LogP contribution in [0.25, 0.3) is 5.65 Å². The summed E-state index contributed by atoms with van der Waals surface area (Å²) < 4.78 is 14.7. The van der Waals surface area contributed by atoms with Gasteiger partial charge in [-0.1, -0.05) is 12.1 Å². The van der Waals surface area contributed by atoms with Crippen LogP contribution in [0.15, 0.2) is 47.5 Å². The average Bonchev–Trinajstić information content (AvgIpc) is 3.00. The molecule has 0 saturated heterocycles. The molecule has 0 aliphatic carbocycles. The molecule has 0 aliphatic rings. The normalized spacial score (nSPS) is 12.5.